The molecule has 0 aliphatic carbocycles. The third kappa shape index (κ3) is 3.33. The second kappa shape index (κ2) is 5.54. The number of anilines is 1. The zero-order valence-electron chi connectivity index (χ0n) is 8.44. The second-order valence-electron chi connectivity index (χ2n) is 3.31. The first-order chi connectivity index (χ1) is 8.06. The highest BCUT2D eigenvalue weighted by atomic mass is 79.9. The molecule has 1 heterocycles. The van der Waals surface area contributed by atoms with Crippen molar-refractivity contribution in [1.82, 2.24) is 0 Å². The fourth-order valence-electron chi connectivity index (χ4n) is 1.29. The largest absolute Gasteiger partial charge is 0.451 e. The van der Waals surface area contributed by atoms with Crippen LogP contribution in [-0.2, 0) is 6.54 Å². The molecule has 0 spiro atoms. The zero-order chi connectivity index (χ0) is 12.4. The van der Waals surface area contributed by atoms with Crippen molar-refractivity contribution in [2.45, 2.75) is 6.54 Å². The number of nitrogens with one attached hydrogen (secondary N) is 1. The topological polar surface area (TPSA) is 25.2 Å². The van der Waals surface area contributed by atoms with Crippen LogP contribution in [0.5, 0.6) is 0 Å². The van der Waals surface area contributed by atoms with Crippen LogP contribution in [0.3, 0.4) is 0 Å². The molecule has 0 amide bonds. The molecule has 0 saturated carbocycles. The first kappa shape index (κ1) is 13.1. The van der Waals surface area contributed by atoms with Gasteiger partial charge in [0.15, 0.2) is 4.67 Å². The van der Waals surface area contributed by atoms with Gasteiger partial charge in [-0.15, -0.1) is 0 Å². The van der Waals surface area contributed by atoms with Gasteiger partial charge in [-0.3, -0.25) is 0 Å². The summed E-state index contributed by atoms with van der Waals surface area (Å²) in [7, 11) is 0. The number of rotatable bonds is 3. The standard InChI is InChI=1S/C11H7Br3FNO/c12-6-1-2-9(15)10(3-6)16-5-7-4-8(13)11(14)17-7/h1-4,16H,5H2. The van der Waals surface area contributed by atoms with E-state index in [1.807, 2.05) is 6.07 Å². The van der Waals surface area contributed by atoms with Crippen molar-refractivity contribution in [2.24, 2.45) is 0 Å². The van der Waals surface area contributed by atoms with E-state index in [0.29, 0.717) is 22.7 Å². The van der Waals surface area contributed by atoms with Crippen molar-refractivity contribution in [2.75, 3.05) is 5.32 Å². The molecule has 90 valence electrons. The van der Waals surface area contributed by atoms with Crippen molar-refractivity contribution in [3.8, 4) is 0 Å². The molecule has 1 N–H and O–H groups in total. The molecule has 0 saturated heterocycles. The van der Waals surface area contributed by atoms with Crippen LogP contribution in [0.4, 0.5) is 10.1 Å². The maximum absolute atomic E-state index is 13.4. The molecule has 17 heavy (non-hydrogen) atoms. The van der Waals surface area contributed by atoms with Crippen LogP contribution in [0.15, 0.2) is 42.3 Å². The lowest BCUT2D eigenvalue weighted by molar-refractivity contribution is 0.493. The van der Waals surface area contributed by atoms with Gasteiger partial charge < -0.3 is 9.73 Å². The molecule has 2 rings (SSSR count). The van der Waals surface area contributed by atoms with Gasteiger partial charge in [0.05, 0.1) is 16.7 Å². The predicted molar refractivity (Wildman–Crippen MR) is 75.5 cm³/mol. The van der Waals surface area contributed by atoms with Crippen molar-refractivity contribution in [3.63, 3.8) is 0 Å². The van der Waals surface area contributed by atoms with Crippen LogP contribution in [0.25, 0.3) is 0 Å². The Kier molecular flexibility index (Phi) is 4.27. The molecule has 6 heteroatoms. The van der Waals surface area contributed by atoms with Gasteiger partial charge in [0.25, 0.3) is 0 Å². The van der Waals surface area contributed by atoms with E-state index < -0.39 is 0 Å². The van der Waals surface area contributed by atoms with Crippen molar-refractivity contribution in [1.29, 1.82) is 0 Å². The Morgan fingerprint density at radius 3 is 2.59 bits per heavy atom. The normalized spacial score (nSPS) is 10.6. The lowest BCUT2D eigenvalue weighted by atomic mass is 10.3. The summed E-state index contributed by atoms with van der Waals surface area (Å²) < 4.78 is 21.1. The van der Waals surface area contributed by atoms with E-state index in [9.17, 15) is 4.39 Å². The van der Waals surface area contributed by atoms with Gasteiger partial charge in [-0.1, -0.05) is 15.9 Å². The Balaban J connectivity index is 2.09. The fraction of sp³-hybridized carbons (Fsp3) is 0.0909. The summed E-state index contributed by atoms with van der Waals surface area (Å²) >= 11 is 9.86. The molecule has 0 radical (unpaired) electrons. The van der Waals surface area contributed by atoms with Crippen molar-refractivity contribution in [3.05, 3.63) is 49.5 Å². The smallest absolute Gasteiger partial charge is 0.183 e. The van der Waals surface area contributed by atoms with Crippen LogP contribution >= 0.6 is 47.8 Å². The Hall–Kier alpha value is -0.330. The van der Waals surface area contributed by atoms with Gasteiger partial charge in [0.2, 0.25) is 0 Å². The molecule has 0 bridgehead atoms. The van der Waals surface area contributed by atoms with E-state index in [0.717, 1.165) is 8.95 Å². The minimum Gasteiger partial charge on any atom is -0.451 e. The third-order valence-corrected chi connectivity index (χ3v) is 4.28. The summed E-state index contributed by atoms with van der Waals surface area (Å²) in [6.45, 7) is 0.414. The van der Waals surface area contributed by atoms with Crippen LogP contribution in [0.1, 0.15) is 5.76 Å². The molecular weight excluding hydrogens is 421 g/mol. The van der Waals surface area contributed by atoms with Crippen LogP contribution in [0, 0.1) is 5.82 Å². The van der Waals surface area contributed by atoms with Gasteiger partial charge in [-0.2, -0.15) is 0 Å². The highest BCUT2D eigenvalue weighted by molar-refractivity contribution is 9.13. The molecule has 1 aromatic carbocycles. The van der Waals surface area contributed by atoms with Crippen LogP contribution in [0.2, 0.25) is 0 Å². The van der Waals surface area contributed by atoms with Gasteiger partial charge >= 0.3 is 0 Å². The molecule has 0 atom stereocenters. The number of hydrogen-bond donors (Lipinski definition) is 1. The first-order valence-electron chi connectivity index (χ1n) is 4.69. The van der Waals surface area contributed by atoms with E-state index in [2.05, 4.69) is 53.1 Å². The lowest BCUT2D eigenvalue weighted by Crippen LogP contribution is -2.00. The van der Waals surface area contributed by atoms with Crippen molar-refractivity contribution >= 4 is 53.5 Å². The van der Waals surface area contributed by atoms with Gasteiger partial charge in [-0.05, 0) is 56.1 Å². The molecule has 0 aliphatic heterocycles. The molecule has 2 aromatic rings. The highest BCUT2D eigenvalue weighted by Crippen LogP contribution is 2.27. The monoisotopic (exact) mass is 425 g/mol. The van der Waals surface area contributed by atoms with E-state index in [-0.39, 0.29) is 5.82 Å². The average molecular weight is 428 g/mol. The Morgan fingerprint density at radius 2 is 1.94 bits per heavy atom. The molecule has 0 aliphatic rings. The molecule has 0 fully saturated rings. The molecule has 2 nitrogen and oxygen atoms in total. The van der Waals surface area contributed by atoms with Crippen LogP contribution < -0.4 is 5.32 Å². The van der Waals surface area contributed by atoms with Crippen LogP contribution in [-0.4, -0.2) is 0 Å². The van der Waals surface area contributed by atoms with Gasteiger partial charge in [-0.25, -0.2) is 4.39 Å². The maximum atomic E-state index is 13.4. The summed E-state index contributed by atoms with van der Waals surface area (Å²) in [5.41, 5.74) is 0.433. The summed E-state index contributed by atoms with van der Waals surface area (Å²) in [4.78, 5) is 0. The third-order valence-electron chi connectivity index (χ3n) is 2.08. The fourth-order valence-corrected chi connectivity index (χ4v) is 2.31. The minimum absolute atomic E-state index is 0.294. The Labute approximate surface area is 123 Å². The van der Waals surface area contributed by atoms with E-state index in [1.165, 1.54) is 6.07 Å². The number of halogens is 4. The number of benzene rings is 1. The summed E-state index contributed by atoms with van der Waals surface area (Å²) in [5.74, 6) is 0.418. The summed E-state index contributed by atoms with van der Waals surface area (Å²) in [5, 5.41) is 2.97. The Morgan fingerprint density at radius 1 is 1.18 bits per heavy atom. The second-order valence-corrected chi connectivity index (χ2v) is 5.80. The number of furan rings is 1. The molecular formula is C11H7Br3FNO. The van der Waals surface area contributed by atoms with E-state index in [1.54, 1.807) is 12.1 Å². The van der Waals surface area contributed by atoms with E-state index in [4.69, 9.17) is 4.42 Å². The maximum Gasteiger partial charge on any atom is 0.183 e. The number of hydrogen-bond acceptors (Lipinski definition) is 2. The predicted octanol–water partition coefficient (Wildman–Crippen LogP) is 5.32. The summed E-state index contributed by atoms with van der Waals surface area (Å²) in [6, 6.07) is 6.57. The lowest BCUT2D eigenvalue weighted by Gasteiger charge is -2.06. The average Bonchev–Trinajstić information content (AvgIpc) is 2.60. The SMILES string of the molecule is Fc1ccc(Br)cc1NCc1cc(Br)c(Br)o1. The minimum atomic E-state index is -0.294. The first-order valence-corrected chi connectivity index (χ1v) is 7.07. The zero-order valence-corrected chi connectivity index (χ0v) is 13.2. The quantitative estimate of drug-likeness (QED) is 0.717. The molecule has 0 unspecified atom stereocenters. The Bertz CT molecular complexity index is 522. The van der Waals surface area contributed by atoms with Crippen molar-refractivity contribution < 1.29 is 8.81 Å². The van der Waals surface area contributed by atoms with E-state index >= 15 is 0 Å². The highest BCUT2D eigenvalue weighted by Gasteiger charge is 2.07. The molecule has 1 aromatic heterocycles. The summed E-state index contributed by atoms with van der Waals surface area (Å²) in [6.07, 6.45) is 0. The van der Waals surface area contributed by atoms with Gasteiger partial charge in [0.1, 0.15) is 11.6 Å². The van der Waals surface area contributed by atoms with Gasteiger partial charge in [0, 0.05) is 4.47 Å².